The van der Waals surface area contributed by atoms with Gasteiger partial charge in [0.05, 0.1) is 28.2 Å². The van der Waals surface area contributed by atoms with E-state index in [1.54, 1.807) is 12.1 Å². The molecule has 10 heteroatoms. The maximum Gasteiger partial charge on any atom is 0.326 e. The summed E-state index contributed by atoms with van der Waals surface area (Å²) in [6.45, 7) is 0.811. The summed E-state index contributed by atoms with van der Waals surface area (Å²) in [5.41, 5.74) is -0.0852. The zero-order valence-corrected chi connectivity index (χ0v) is 16.3. The van der Waals surface area contributed by atoms with Crippen molar-refractivity contribution in [3.8, 4) is 0 Å². The first kappa shape index (κ1) is 19.9. The number of methoxy groups -OCH3 is 1. The molecule has 0 heterocycles. The zero-order chi connectivity index (χ0) is 19.5. The molecular formula is C16H15BrN2O6S. The molecule has 2 rings (SSSR count). The third kappa shape index (κ3) is 4.02. The van der Waals surface area contributed by atoms with Crippen LogP contribution in [0.3, 0.4) is 0 Å². The number of hydrogen-bond donors (Lipinski definition) is 0. The Bertz CT molecular complexity index is 944. The Labute approximate surface area is 158 Å². The molecule has 138 valence electrons. The lowest BCUT2D eigenvalue weighted by Gasteiger charge is -2.24. The molecule has 0 aliphatic rings. The zero-order valence-electron chi connectivity index (χ0n) is 13.9. The standard InChI is InChI=1S/C16H15BrN2O6S/c1-11-14(4-3-5-15(11)19(21)22)18(10-16(20)25-2)26(23,24)13-8-6-12(17)7-9-13/h3-9H,10H2,1-2H3. The molecule has 0 spiro atoms. The number of rotatable bonds is 6. The van der Waals surface area contributed by atoms with E-state index >= 15 is 0 Å². The first-order chi connectivity index (χ1) is 12.2. The third-order valence-corrected chi connectivity index (χ3v) is 5.95. The van der Waals surface area contributed by atoms with E-state index in [-0.39, 0.29) is 21.8 Å². The highest BCUT2D eigenvalue weighted by Gasteiger charge is 2.30. The molecule has 8 nitrogen and oxygen atoms in total. The Kier molecular flexibility index (Phi) is 5.98. The van der Waals surface area contributed by atoms with E-state index < -0.39 is 27.5 Å². The van der Waals surface area contributed by atoms with E-state index in [0.717, 1.165) is 11.4 Å². The van der Waals surface area contributed by atoms with Crippen molar-refractivity contribution in [3.63, 3.8) is 0 Å². The second-order valence-corrected chi connectivity index (χ2v) is 8.00. The molecule has 0 amide bonds. The second-order valence-electron chi connectivity index (χ2n) is 5.22. The van der Waals surface area contributed by atoms with Crippen LogP contribution in [0.5, 0.6) is 0 Å². The average Bonchev–Trinajstić information content (AvgIpc) is 2.60. The SMILES string of the molecule is COC(=O)CN(c1cccc([N+](=O)[O-])c1C)S(=O)(=O)c1ccc(Br)cc1. The van der Waals surface area contributed by atoms with Gasteiger partial charge in [0.1, 0.15) is 6.54 Å². The first-order valence-electron chi connectivity index (χ1n) is 7.27. The number of hydrogen-bond acceptors (Lipinski definition) is 6. The molecule has 0 saturated carbocycles. The number of halogens is 1. The van der Waals surface area contributed by atoms with Crippen molar-refractivity contribution in [2.45, 2.75) is 11.8 Å². The number of carbonyl (C=O) groups is 1. The Morgan fingerprint density at radius 2 is 1.85 bits per heavy atom. The topological polar surface area (TPSA) is 107 Å². The van der Waals surface area contributed by atoms with Crippen molar-refractivity contribution in [1.82, 2.24) is 0 Å². The van der Waals surface area contributed by atoms with Gasteiger partial charge in [-0.05, 0) is 37.3 Å². The summed E-state index contributed by atoms with van der Waals surface area (Å²) in [6, 6.07) is 9.87. The van der Waals surface area contributed by atoms with Crippen molar-refractivity contribution < 1.29 is 22.9 Å². The van der Waals surface area contributed by atoms with Crippen LogP contribution in [0.15, 0.2) is 51.8 Å². The fourth-order valence-electron chi connectivity index (χ4n) is 2.29. The van der Waals surface area contributed by atoms with Crippen LogP contribution >= 0.6 is 15.9 Å². The fourth-order valence-corrected chi connectivity index (χ4v) is 4.03. The van der Waals surface area contributed by atoms with E-state index in [1.807, 2.05) is 0 Å². The molecule has 0 fully saturated rings. The van der Waals surface area contributed by atoms with Crippen LogP contribution in [0.1, 0.15) is 5.56 Å². The number of ether oxygens (including phenoxy) is 1. The summed E-state index contributed by atoms with van der Waals surface area (Å²) in [7, 11) is -3.02. The van der Waals surface area contributed by atoms with E-state index in [4.69, 9.17) is 0 Å². The summed E-state index contributed by atoms with van der Waals surface area (Å²) < 4.78 is 32.2. The third-order valence-electron chi connectivity index (χ3n) is 3.64. The summed E-state index contributed by atoms with van der Waals surface area (Å²) in [5, 5.41) is 11.2. The van der Waals surface area contributed by atoms with Gasteiger partial charge in [-0.2, -0.15) is 0 Å². The Balaban J connectivity index is 2.65. The number of nitro groups is 1. The van der Waals surface area contributed by atoms with E-state index in [0.29, 0.717) is 4.47 Å². The number of benzene rings is 2. The van der Waals surface area contributed by atoms with Crippen LogP contribution in [0.4, 0.5) is 11.4 Å². The molecule has 0 unspecified atom stereocenters. The summed E-state index contributed by atoms with van der Waals surface area (Å²) in [4.78, 5) is 22.3. The van der Waals surface area contributed by atoms with Gasteiger partial charge in [0.2, 0.25) is 0 Å². The van der Waals surface area contributed by atoms with Gasteiger partial charge in [0.15, 0.2) is 0 Å². The van der Waals surface area contributed by atoms with Crippen LogP contribution in [0, 0.1) is 17.0 Å². The number of nitro benzene ring substituents is 1. The number of nitrogens with zero attached hydrogens (tertiary/aromatic N) is 2. The molecule has 0 saturated heterocycles. The summed E-state index contributed by atoms with van der Waals surface area (Å²) in [5.74, 6) is -0.795. The smallest absolute Gasteiger partial charge is 0.326 e. The Hall–Kier alpha value is -2.46. The van der Waals surface area contributed by atoms with Crippen molar-refractivity contribution in [1.29, 1.82) is 0 Å². The predicted octanol–water partition coefficient (Wildman–Crippen LogP) is 3.03. The van der Waals surface area contributed by atoms with Crippen LogP contribution in [0.2, 0.25) is 0 Å². The van der Waals surface area contributed by atoms with Gasteiger partial charge in [0.25, 0.3) is 15.7 Å². The molecule has 2 aromatic rings. The number of anilines is 1. The minimum absolute atomic E-state index is 0.0347. The van der Waals surface area contributed by atoms with E-state index in [9.17, 15) is 23.3 Å². The average molecular weight is 443 g/mol. The van der Waals surface area contributed by atoms with Gasteiger partial charge in [-0.25, -0.2) is 8.42 Å². The van der Waals surface area contributed by atoms with Crippen molar-refractivity contribution >= 4 is 43.3 Å². The lowest BCUT2D eigenvalue weighted by molar-refractivity contribution is -0.385. The molecular weight excluding hydrogens is 428 g/mol. The van der Waals surface area contributed by atoms with Gasteiger partial charge in [-0.3, -0.25) is 19.2 Å². The second kappa shape index (κ2) is 7.83. The van der Waals surface area contributed by atoms with Gasteiger partial charge in [0, 0.05) is 10.5 Å². The molecule has 0 bridgehead atoms. The normalized spacial score (nSPS) is 11.0. The van der Waals surface area contributed by atoms with Gasteiger partial charge in [-0.15, -0.1) is 0 Å². The predicted molar refractivity (Wildman–Crippen MR) is 98.5 cm³/mol. The lowest BCUT2D eigenvalue weighted by Crippen LogP contribution is -2.36. The monoisotopic (exact) mass is 442 g/mol. The molecule has 0 aliphatic heterocycles. The van der Waals surface area contributed by atoms with Crippen molar-refractivity contribution in [3.05, 3.63) is 62.6 Å². The molecule has 0 N–H and O–H groups in total. The lowest BCUT2D eigenvalue weighted by atomic mass is 10.1. The maximum absolute atomic E-state index is 13.1. The summed E-state index contributed by atoms with van der Waals surface area (Å²) in [6.07, 6.45) is 0. The van der Waals surface area contributed by atoms with Crippen LogP contribution in [-0.2, 0) is 19.6 Å². The highest BCUT2D eigenvalue weighted by atomic mass is 79.9. The Morgan fingerprint density at radius 3 is 2.38 bits per heavy atom. The summed E-state index contributed by atoms with van der Waals surface area (Å²) >= 11 is 3.23. The minimum Gasteiger partial charge on any atom is -0.468 e. The quantitative estimate of drug-likeness (QED) is 0.386. The van der Waals surface area contributed by atoms with Crippen molar-refractivity contribution in [2.75, 3.05) is 18.0 Å². The maximum atomic E-state index is 13.1. The van der Waals surface area contributed by atoms with Gasteiger partial charge in [-0.1, -0.05) is 22.0 Å². The fraction of sp³-hybridized carbons (Fsp3) is 0.188. The van der Waals surface area contributed by atoms with Gasteiger partial charge >= 0.3 is 5.97 Å². The molecule has 2 aromatic carbocycles. The van der Waals surface area contributed by atoms with Crippen LogP contribution < -0.4 is 4.31 Å². The largest absolute Gasteiger partial charge is 0.468 e. The van der Waals surface area contributed by atoms with E-state index in [1.165, 1.54) is 37.3 Å². The number of esters is 1. The number of carbonyl (C=O) groups excluding carboxylic acids is 1. The molecule has 0 aliphatic carbocycles. The Morgan fingerprint density at radius 1 is 1.23 bits per heavy atom. The minimum atomic E-state index is -4.15. The molecule has 26 heavy (non-hydrogen) atoms. The molecule has 0 radical (unpaired) electrons. The van der Waals surface area contributed by atoms with Crippen LogP contribution in [-0.4, -0.2) is 33.0 Å². The highest BCUT2D eigenvalue weighted by molar-refractivity contribution is 9.10. The number of sulfonamides is 1. The molecule has 0 aromatic heterocycles. The van der Waals surface area contributed by atoms with Crippen molar-refractivity contribution in [2.24, 2.45) is 0 Å². The first-order valence-corrected chi connectivity index (χ1v) is 9.51. The van der Waals surface area contributed by atoms with Crippen LogP contribution in [0.25, 0.3) is 0 Å². The molecule has 0 atom stereocenters. The van der Waals surface area contributed by atoms with E-state index in [2.05, 4.69) is 20.7 Å². The highest BCUT2D eigenvalue weighted by Crippen LogP contribution is 2.32. The van der Waals surface area contributed by atoms with Gasteiger partial charge < -0.3 is 4.74 Å².